The van der Waals surface area contributed by atoms with Gasteiger partial charge in [-0.25, -0.2) is 8.42 Å². The van der Waals surface area contributed by atoms with Gasteiger partial charge in [-0.1, -0.05) is 6.07 Å². The highest BCUT2D eigenvalue weighted by Crippen LogP contribution is 2.32. The third kappa shape index (κ3) is 2.92. The lowest BCUT2D eigenvalue weighted by molar-refractivity contribution is 0.0720. The summed E-state index contributed by atoms with van der Waals surface area (Å²) in [6.45, 7) is 1.90. The Morgan fingerprint density at radius 2 is 2.05 bits per heavy atom. The molecule has 1 aromatic carbocycles. The van der Waals surface area contributed by atoms with Crippen LogP contribution >= 0.6 is 0 Å². The number of benzene rings is 1. The first kappa shape index (κ1) is 14.3. The number of anilines is 1. The van der Waals surface area contributed by atoms with Crippen LogP contribution in [0.5, 0.6) is 0 Å². The maximum atomic E-state index is 12.6. The average molecular weight is 283 g/mol. The highest BCUT2D eigenvalue weighted by molar-refractivity contribution is 7.92. The summed E-state index contributed by atoms with van der Waals surface area (Å²) in [6.07, 6.45) is 3.11. The molecule has 106 valence electrons. The monoisotopic (exact) mass is 283 g/mol. The molecule has 0 aliphatic heterocycles. The molecule has 2 N–H and O–H groups in total. The zero-order valence-electron chi connectivity index (χ0n) is 11.4. The molecule has 1 fully saturated rings. The third-order valence-corrected chi connectivity index (χ3v) is 6.11. The summed E-state index contributed by atoms with van der Waals surface area (Å²) in [6, 6.07) is 5.12. The van der Waals surface area contributed by atoms with E-state index < -0.39 is 9.84 Å². The summed E-state index contributed by atoms with van der Waals surface area (Å²) in [5.74, 6) is 0. The van der Waals surface area contributed by atoms with Crippen LogP contribution in [-0.4, -0.2) is 26.9 Å². The van der Waals surface area contributed by atoms with E-state index in [1.165, 1.54) is 0 Å². The first-order valence-corrected chi connectivity index (χ1v) is 8.12. The lowest BCUT2D eigenvalue weighted by Crippen LogP contribution is -2.32. The van der Waals surface area contributed by atoms with Crippen LogP contribution in [0.3, 0.4) is 0 Å². The molecule has 0 radical (unpaired) electrons. The van der Waals surface area contributed by atoms with Crippen molar-refractivity contribution < 1.29 is 13.2 Å². The smallest absolute Gasteiger partial charge is 0.183 e. The van der Waals surface area contributed by atoms with Gasteiger partial charge in [0.1, 0.15) is 0 Å². The lowest BCUT2D eigenvalue weighted by atomic mass is 9.97. The van der Waals surface area contributed by atoms with E-state index in [9.17, 15) is 8.42 Å². The number of nitrogen functional groups attached to an aromatic ring is 1. The SMILES string of the molecule is COC1CCCC(S(=O)(=O)c2ccc(C)cc2N)C1. The molecular weight excluding hydrogens is 262 g/mol. The van der Waals surface area contributed by atoms with Gasteiger partial charge in [-0.15, -0.1) is 0 Å². The van der Waals surface area contributed by atoms with Gasteiger partial charge in [0.05, 0.1) is 21.9 Å². The zero-order valence-corrected chi connectivity index (χ0v) is 12.2. The number of aryl methyl sites for hydroxylation is 1. The Hall–Kier alpha value is -1.07. The van der Waals surface area contributed by atoms with Gasteiger partial charge in [0.25, 0.3) is 0 Å². The van der Waals surface area contributed by atoms with Crippen LogP contribution < -0.4 is 5.73 Å². The minimum atomic E-state index is -3.36. The second-order valence-electron chi connectivity index (χ2n) is 5.23. The van der Waals surface area contributed by atoms with E-state index in [-0.39, 0.29) is 16.2 Å². The fraction of sp³-hybridized carbons (Fsp3) is 0.571. The molecule has 0 aromatic heterocycles. The average Bonchev–Trinajstić information content (AvgIpc) is 2.38. The summed E-state index contributed by atoms with van der Waals surface area (Å²) in [4.78, 5) is 0.264. The number of nitrogens with two attached hydrogens (primary N) is 1. The summed E-state index contributed by atoms with van der Waals surface area (Å²) in [7, 11) is -1.72. The van der Waals surface area contributed by atoms with E-state index >= 15 is 0 Å². The van der Waals surface area contributed by atoms with Crippen LogP contribution in [0.15, 0.2) is 23.1 Å². The van der Waals surface area contributed by atoms with Crippen molar-refractivity contribution >= 4 is 15.5 Å². The van der Waals surface area contributed by atoms with E-state index in [0.717, 1.165) is 18.4 Å². The molecule has 0 amide bonds. The number of methoxy groups -OCH3 is 1. The van der Waals surface area contributed by atoms with Gasteiger partial charge in [-0.05, 0) is 50.3 Å². The summed E-state index contributed by atoms with van der Waals surface area (Å²) in [5.41, 5.74) is 7.19. The number of ether oxygens (including phenoxy) is 1. The summed E-state index contributed by atoms with van der Waals surface area (Å²) < 4.78 is 30.6. The van der Waals surface area contributed by atoms with Crippen molar-refractivity contribution in [1.29, 1.82) is 0 Å². The molecule has 1 aliphatic carbocycles. The van der Waals surface area contributed by atoms with Crippen LogP contribution in [0.2, 0.25) is 0 Å². The highest BCUT2D eigenvalue weighted by Gasteiger charge is 2.34. The van der Waals surface area contributed by atoms with Gasteiger partial charge in [-0.2, -0.15) is 0 Å². The predicted molar refractivity (Wildman–Crippen MR) is 75.8 cm³/mol. The van der Waals surface area contributed by atoms with E-state index in [1.807, 2.05) is 6.92 Å². The fourth-order valence-electron chi connectivity index (χ4n) is 2.70. The van der Waals surface area contributed by atoms with Crippen LogP contribution in [0.25, 0.3) is 0 Å². The predicted octanol–water partition coefficient (Wildman–Crippen LogP) is 2.31. The van der Waals surface area contributed by atoms with Crippen molar-refractivity contribution in [2.75, 3.05) is 12.8 Å². The topological polar surface area (TPSA) is 69.4 Å². The van der Waals surface area contributed by atoms with Crippen molar-refractivity contribution in [3.8, 4) is 0 Å². The highest BCUT2D eigenvalue weighted by atomic mass is 32.2. The van der Waals surface area contributed by atoms with Crippen molar-refractivity contribution in [1.82, 2.24) is 0 Å². The first-order valence-electron chi connectivity index (χ1n) is 6.58. The maximum Gasteiger partial charge on any atom is 0.183 e. The number of hydrogen-bond donors (Lipinski definition) is 1. The number of hydrogen-bond acceptors (Lipinski definition) is 4. The normalized spacial score (nSPS) is 24.3. The van der Waals surface area contributed by atoms with Gasteiger partial charge < -0.3 is 10.5 Å². The Morgan fingerprint density at radius 3 is 2.68 bits per heavy atom. The molecule has 0 bridgehead atoms. The van der Waals surface area contributed by atoms with E-state index in [2.05, 4.69) is 0 Å². The second-order valence-corrected chi connectivity index (χ2v) is 7.43. The molecule has 19 heavy (non-hydrogen) atoms. The molecule has 4 nitrogen and oxygen atoms in total. The Bertz CT molecular complexity index is 554. The fourth-order valence-corrected chi connectivity index (χ4v) is 4.65. The van der Waals surface area contributed by atoms with Crippen molar-refractivity contribution in [2.45, 2.75) is 48.9 Å². The zero-order chi connectivity index (χ0) is 14.0. The molecule has 1 saturated carbocycles. The van der Waals surface area contributed by atoms with Crippen LogP contribution in [0.4, 0.5) is 5.69 Å². The molecule has 5 heteroatoms. The largest absolute Gasteiger partial charge is 0.398 e. The number of rotatable bonds is 3. The molecule has 2 atom stereocenters. The molecule has 1 aliphatic rings. The van der Waals surface area contributed by atoms with Crippen molar-refractivity contribution in [3.05, 3.63) is 23.8 Å². The van der Waals surface area contributed by atoms with Crippen molar-refractivity contribution in [2.24, 2.45) is 0 Å². The Balaban J connectivity index is 2.31. The van der Waals surface area contributed by atoms with Gasteiger partial charge in [0.2, 0.25) is 0 Å². The van der Waals surface area contributed by atoms with E-state index in [4.69, 9.17) is 10.5 Å². The molecule has 0 saturated heterocycles. The van der Waals surface area contributed by atoms with Gasteiger partial charge in [0.15, 0.2) is 9.84 Å². The quantitative estimate of drug-likeness (QED) is 0.864. The van der Waals surface area contributed by atoms with Crippen LogP contribution in [-0.2, 0) is 14.6 Å². The lowest BCUT2D eigenvalue weighted by Gasteiger charge is -2.28. The Kier molecular flexibility index (Phi) is 4.16. The van der Waals surface area contributed by atoms with Gasteiger partial charge in [-0.3, -0.25) is 0 Å². The number of sulfone groups is 1. The van der Waals surface area contributed by atoms with Gasteiger partial charge >= 0.3 is 0 Å². The van der Waals surface area contributed by atoms with Crippen molar-refractivity contribution in [3.63, 3.8) is 0 Å². The van der Waals surface area contributed by atoms with Gasteiger partial charge in [0, 0.05) is 7.11 Å². The van der Waals surface area contributed by atoms with Crippen LogP contribution in [0.1, 0.15) is 31.2 Å². The Morgan fingerprint density at radius 1 is 1.32 bits per heavy atom. The minimum Gasteiger partial charge on any atom is -0.398 e. The molecule has 0 spiro atoms. The standard InChI is InChI=1S/C14H21NO3S/c1-10-6-7-14(13(15)8-10)19(16,17)12-5-3-4-11(9-12)18-2/h6-8,11-12H,3-5,9,15H2,1-2H3. The van der Waals surface area contributed by atoms with E-state index in [1.54, 1.807) is 25.3 Å². The molecule has 0 heterocycles. The molecule has 2 rings (SSSR count). The molecule has 2 unspecified atom stereocenters. The molecule has 1 aromatic rings. The third-order valence-electron chi connectivity index (χ3n) is 3.82. The maximum absolute atomic E-state index is 12.6. The summed E-state index contributed by atoms with van der Waals surface area (Å²) >= 11 is 0. The summed E-state index contributed by atoms with van der Waals surface area (Å²) in [5, 5.41) is -0.379. The van der Waals surface area contributed by atoms with E-state index in [0.29, 0.717) is 18.5 Å². The first-order chi connectivity index (χ1) is 8.95. The van der Waals surface area contributed by atoms with Crippen LogP contribution in [0, 0.1) is 6.92 Å². The minimum absolute atomic E-state index is 0.0418. The molecular formula is C14H21NO3S. The second kappa shape index (κ2) is 5.51. The Labute approximate surface area is 114 Å².